The fourth-order valence-corrected chi connectivity index (χ4v) is 2.84. The van der Waals surface area contributed by atoms with E-state index < -0.39 is 68.5 Å². The average Bonchev–Trinajstić information content (AvgIpc) is 2.75. The van der Waals surface area contributed by atoms with Gasteiger partial charge >= 0.3 is 18.1 Å². The van der Waals surface area contributed by atoms with Crippen molar-refractivity contribution >= 4 is 35.0 Å². The zero-order valence-corrected chi connectivity index (χ0v) is 23.2. The first kappa shape index (κ1) is 35.4. The molecular weight excluding hydrogens is 527 g/mol. The fraction of sp³-hybridized carbons (Fsp3) is 0.577. The van der Waals surface area contributed by atoms with E-state index in [2.05, 4.69) is 0 Å². The number of Topliss-reactive ketones (excluding diaryl/α,β-unsaturated/α-hetero) is 3. The molecule has 0 aliphatic heterocycles. The molecule has 0 N–H and O–H groups in total. The lowest BCUT2D eigenvalue weighted by molar-refractivity contribution is -0.385. The van der Waals surface area contributed by atoms with Crippen LogP contribution in [0.15, 0.2) is 18.2 Å². The molecule has 0 aliphatic rings. The van der Waals surface area contributed by atoms with Crippen LogP contribution in [-0.2, 0) is 34.8 Å². The summed E-state index contributed by atoms with van der Waals surface area (Å²) in [4.78, 5) is 68.8. The summed E-state index contributed by atoms with van der Waals surface area (Å²) in [6.45, 7) is 12.9. The number of rotatable bonds is 9. The van der Waals surface area contributed by atoms with Gasteiger partial charge in [-0.3, -0.25) is 34.1 Å². The molecule has 0 aliphatic carbocycles. The predicted molar refractivity (Wildman–Crippen MR) is 133 cm³/mol. The second-order valence-corrected chi connectivity index (χ2v) is 10.3. The molecule has 1 aromatic rings. The number of nitro groups is 1. The topological polar surface area (TPSA) is 147 Å². The van der Waals surface area contributed by atoms with E-state index >= 15 is 0 Å². The summed E-state index contributed by atoms with van der Waals surface area (Å²) in [5, 5.41) is 11.2. The second-order valence-electron chi connectivity index (χ2n) is 10.3. The number of nitro benzene ring substituents is 1. The number of hydrogen-bond donors (Lipinski definition) is 0. The van der Waals surface area contributed by atoms with Gasteiger partial charge in [-0.15, -0.1) is 0 Å². The van der Waals surface area contributed by atoms with Gasteiger partial charge in [0, 0.05) is 18.9 Å². The number of carbonyl (C=O) groups is 5. The monoisotopic (exact) mass is 561 g/mol. The molecule has 218 valence electrons. The molecule has 0 bridgehead atoms. The molecule has 0 spiro atoms. The molecule has 0 amide bonds. The van der Waals surface area contributed by atoms with Gasteiger partial charge in [0.2, 0.25) is 0 Å². The van der Waals surface area contributed by atoms with Crippen molar-refractivity contribution in [3.05, 3.63) is 39.4 Å². The van der Waals surface area contributed by atoms with Crippen molar-refractivity contribution in [2.45, 2.75) is 92.0 Å². The Kier molecular flexibility index (Phi) is 12.6. The van der Waals surface area contributed by atoms with Gasteiger partial charge in [0.05, 0.1) is 16.1 Å². The highest BCUT2D eigenvalue weighted by molar-refractivity contribution is 6.23. The summed E-state index contributed by atoms with van der Waals surface area (Å²) in [5.41, 5.74) is -4.79. The van der Waals surface area contributed by atoms with E-state index in [1.165, 1.54) is 27.7 Å². The molecular formula is C26H34F3NO9. The van der Waals surface area contributed by atoms with E-state index in [0.29, 0.717) is 18.6 Å². The Bertz CT molecular complexity index is 1100. The van der Waals surface area contributed by atoms with Crippen LogP contribution >= 0.6 is 0 Å². The van der Waals surface area contributed by atoms with E-state index in [1.54, 1.807) is 27.7 Å². The van der Waals surface area contributed by atoms with Crippen molar-refractivity contribution in [3.63, 3.8) is 0 Å². The van der Waals surface area contributed by atoms with Crippen molar-refractivity contribution in [2.24, 2.45) is 5.92 Å². The number of esters is 2. The zero-order chi connectivity index (χ0) is 30.9. The molecule has 39 heavy (non-hydrogen) atoms. The number of alkyl halides is 3. The molecule has 0 saturated carbocycles. The molecule has 1 rings (SSSR count). The van der Waals surface area contributed by atoms with Crippen LogP contribution in [0.5, 0.6) is 0 Å². The van der Waals surface area contributed by atoms with Crippen molar-refractivity contribution in [2.75, 3.05) is 0 Å². The number of ketones is 3. The lowest BCUT2D eigenvalue weighted by atomic mass is 9.90. The number of hydrogen-bond acceptors (Lipinski definition) is 9. The van der Waals surface area contributed by atoms with E-state index in [0.717, 1.165) is 0 Å². The lowest BCUT2D eigenvalue weighted by Crippen LogP contribution is -2.37. The lowest BCUT2D eigenvalue weighted by Gasteiger charge is -2.22. The SMILES string of the molecule is CCC(=O)C(C(=O)OC(C)(C)C)C(=O)c1ccc(C(F)(F)F)cc1[N+](=O)[O-].CCC(=O)CC(=O)OC(C)(C)C. The minimum Gasteiger partial charge on any atom is -0.460 e. The maximum atomic E-state index is 12.8. The summed E-state index contributed by atoms with van der Waals surface area (Å²) < 4.78 is 48.3. The summed E-state index contributed by atoms with van der Waals surface area (Å²) in [7, 11) is 0. The Labute approximate surface area is 224 Å². The maximum Gasteiger partial charge on any atom is 0.416 e. The van der Waals surface area contributed by atoms with Crippen LogP contribution < -0.4 is 0 Å². The Morgan fingerprint density at radius 3 is 1.79 bits per heavy atom. The zero-order valence-electron chi connectivity index (χ0n) is 23.2. The highest BCUT2D eigenvalue weighted by Gasteiger charge is 2.41. The summed E-state index contributed by atoms with van der Waals surface area (Å²) in [6.07, 6.45) is -4.83. The second kappa shape index (κ2) is 13.9. The molecule has 0 radical (unpaired) electrons. The Hall–Kier alpha value is -3.64. The molecule has 0 fully saturated rings. The molecule has 0 saturated heterocycles. The Balaban J connectivity index is 0.00000101. The Morgan fingerprint density at radius 1 is 0.897 bits per heavy atom. The van der Waals surface area contributed by atoms with Gasteiger partial charge < -0.3 is 9.47 Å². The average molecular weight is 562 g/mol. The van der Waals surface area contributed by atoms with Crippen LogP contribution in [0.4, 0.5) is 18.9 Å². The highest BCUT2D eigenvalue weighted by atomic mass is 19.4. The number of benzene rings is 1. The minimum atomic E-state index is -4.86. The van der Waals surface area contributed by atoms with Crippen molar-refractivity contribution in [1.82, 2.24) is 0 Å². The summed E-state index contributed by atoms with van der Waals surface area (Å²) >= 11 is 0. The van der Waals surface area contributed by atoms with Gasteiger partial charge in [-0.1, -0.05) is 13.8 Å². The number of nitrogens with zero attached hydrogens (tertiary/aromatic N) is 1. The molecule has 1 aromatic carbocycles. The fourth-order valence-electron chi connectivity index (χ4n) is 2.84. The molecule has 0 aromatic heterocycles. The van der Waals surface area contributed by atoms with Crippen LogP contribution in [-0.4, -0.2) is 45.4 Å². The summed E-state index contributed by atoms with van der Waals surface area (Å²) in [5.74, 6) is -5.86. The van der Waals surface area contributed by atoms with Gasteiger partial charge in [0.1, 0.15) is 23.4 Å². The van der Waals surface area contributed by atoms with Gasteiger partial charge in [-0.2, -0.15) is 13.2 Å². The van der Waals surface area contributed by atoms with Crippen LogP contribution in [0.25, 0.3) is 0 Å². The largest absolute Gasteiger partial charge is 0.460 e. The van der Waals surface area contributed by atoms with E-state index in [9.17, 15) is 47.3 Å². The van der Waals surface area contributed by atoms with Crippen LogP contribution in [0, 0.1) is 16.0 Å². The van der Waals surface area contributed by atoms with E-state index in [4.69, 9.17) is 9.47 Å². The third kappa shape index (κ3) is 12.6. The minimum absolute atomic E-state index is 0.0794. The molecule has 10 nitrogen and oxygen atoms in total. The molecule has 1 unspecified atom stereocenters. The number of ether oxygens (including phenoxy) is 2. The molecule has 13 heteroatoms. The van der Waals surface area contributed by atoms with Crippen LogP contribution in [0.1, 0.15) is 90.6 Å². The van der Waals surface area contributed by atoms with Crippen molar-refractivity contribution < 1.29 is 51.5 Å². The smallest absolute Gasteiger partial charge is 0.416 e. The highest BCUT2D eigenvalue weighted by Crippen LogP contribution is 2.34. The van der Waals surface area contributed by atoms with Gasteiger partial charge in [0.15, 0.2) is 17.5 Å². The van der Waals surface area contributed by atoms with Crippen LogP contribution in [0.3, 0.4) is 0 Å². The normalized spacial score (nSPS) is 12.4. The Morgan fingerprint density at radius 2 is 1.41 bits per heavy atom. The van der Waals surface area contributed by atoms with E-state index in [1.807, 2.05) is 0 Å². The molecule has 0 heterocycles. The van der Waals surface area contributed by atoms with Crippen molar-refractivity contribution in [3.8, 4) is 0 Å². The first-order valence-electron chi connectivity index (χ1n) is 11.9. The first-order chi connectivity index (χ1) is 17.5. The van der Waals surface area contributed by atoms with Crippen molar-refractivity contribution in [1.29, 1.82) is 0 Å². The van der Waals surface area contributed by atoms with Gasteiger partial charge in [-0.25, -0.2) is 0 Å². The molecule has 1 atom stereocenters. The third-order valence-corrected chi connectivity index (χ3v) is 4.52. The van der Waals surface area contributed by atoms with E-state index in [-0.39, 0.29) is 24.7 Å². The number of carbonyl (C=O) groups excluding carboxylic acids is 5. The third-order valence-electron chi connectivity index (χ3n) is 4.52. The predicted octanol–water partition coefficient (Wildman–Crippen LogP) is 5.43. The van der Waals surface area contributed by atoms with Gasteiger partial charge in [0.25, 0.3) is 5.69 Å². The summed E-state index contributed by atoms with van der Waals surface area (Å²) in [6, 6.07) is 1.25. The maximum absolute atomic E-state index is 12.8. The van der Waals surface area contributed by atoms with Gasteiger partial charge in [-0.05, 0) is 53.7 Å². The number of halogens is 3. The standard InChI is InChI=1S/C17H18F3NO6.C9H16O3/c1-5-12(22)13(15(24)27-16(2,3)4)14(23)10-7-6-9(17(18,19)20)8-11(10)21(25)26;1-5-7(10)6-8(11)12-9(2,3)4/h6-8,13H,5H2,1-4H3;5-6H2,1-4H3. The quantitative estimate of drug-likeness (QED) is 0.127. The first-order valence-corrected chi connectivity index (χ1v) is 11.9. The van der Waals surface area contributed by atoms with Crippen LogP contribution in [0.2, 0.25) is 0 Å².